The van der Waals surface area contributed by atoms with Crippen LogP contribution in [0.4, 0.5) is 0 Å². The minimum atomic E-state index is 0.141. The van der Waals surface area contributed by atoms with Gasteiger partial charge in [-0.05, 0) is 37.8 Å². The van der Waals surface area contributed by atoms with Crippen molar-refractivity contribution in [2.24, 2.45) is 5.73 Å². The summed E-state index contributed by atoms with van der Waals surface area (Å²) in [6.07, 6.45) is 2.84. The van der Waals surface area contributed by atoms with Crippen molar-refractivity contribution in [3.8, 4) is 0 Å². The number of hydrogen-bond acceptors (Lipinski definition) is 3. The molecule has 2 aliphatic rings. The highest BCUT2D eigenvalue weighted by Crippen LogP contribution is 2.27. The summed E-state index contributed by atoms with van der Waals surface area (Å²) in [6.45, 7) is 10.1. The fourth-order valence-corrected chi connectivity index (χ4v) is 3.29. The normalized spacial score (nSPS) is 22.9. The molecule has 20 heavy (non-hydrogen) atoms. The number of hydrogen-bond donors (Lipinski definition) is 1. The van der Waals surface area contributed by atoms with Crippen molar-refractivity contribution in [3.05, 3.63) is 34.9 Å². The van der Waals surface area contributed by atoms with E-state index in [0.717, 1.165) is 12.6 Å². The molecule has 1 aromatic carbocycles. The van der Waals surface area contributed by atoms with Crippen molar-refractivity contribution >= 4 is 0 Å². The van der Waals surface area contributed by atoms with Gasteiger partial charge in [-0.15, -0.1) is 0 Å². The molecule has 1 heterocycles. The van der Waals surface area contributed by atoms with Crippen LogP contribution in [-0.2, 0) is 0 Å². The van der Waals surface area contributed by atoms with Gasteiger partial charge >= 0.3 is 0 Å². The largest absolute Gasteiger partial charge is 0.323 e. The summed E-state index contributed by atoms with van der Waals surface area (Å²) in [5, 5.41) is 0. The van der Waals surface area contributed by atoms with Gasteiger partial charge in [-0.1, -0.05) is 23.8 Å². The van der Waals surface area contributed by atoms with Crippen LogP contribution in [0.15, 0.2) is 18.2 Å². The van der Waals surface area contributed by atoms with Crippen LogP contribution >= 0.6 is 0 Å². The summed E-state index contributed by atoms with van der Waals surface area (Å²) in [6, 6.07) is 7.66. The minimum absolute atomic E-state index is 0.141. The van der Waals surface area contributed by atoms with E-state index in [1.54, 1.807) is 0 Å². The van der Waals surface area contributed by atoms with Crippen molar-refractivity contribution in [2.75, 3.05) is 32.7 Å². The average Bonchev–Trinajstić information content (AvgIpc) is 3.27. The minimum Gasteiger partial charge on any atom is -0.323 e. The number of rotatable bonds is 4. The number of benzene rings is 1. The van der Waals surface area contributed by atoms with E-state index in [4.69, 9.17) is 5.73 Å². The van der Waals surface area contributed by atoms with Gasteiger partial charge in [0.1, 0.15) is 0 Å². The Morgan fingerprint density at radius 2 is 1.85 bits per heavy atom. The Morgan fingerprint density at radius 1 is 1.15 bits per heavy atom. The third kappa shape index (κ3) is 3.22. The van der Waals surface area contributed by atoms with Crippen LogP contribution in [0.25, 0.3) is 0 Å². The zero-order valence-electron chi connectivity index (χ0n) is 12.8. The zero-order valence-corrected chi connectivity index (χ0v) is 12.8. The van der Waals surface area contributed by atoms with Crippen molar-refractivity contribution in [1.82, 2.24) is 9.80 Å². The van der Waals surface area contributed by atoms with E-state index in [0.29, 0.717) is 0 Å². The first-order chi connectivity index (χ1) is 9.63. The number of aryl methyl sites for hydroxylation is 2. The fraction of sp³-hybridized carbons (Fsp3) is 0.647. The number of piperazine rings is 1. The van der Waals surface area contributed by atoms with Crippen LogP contribution in [0.2, 0.25) is 0 Å². The molecule has 3 rings (SSSR count). The molecule has 1 aromatic rings. The molecular weight excluding hydrogens is 246 g/mol. The van der Waals surface area contributed by atoms with E-state index in [1.165, 1.54) is 55.7 Å². The number of nitrogens with two attached hydrogens (primary N) is 1. The Balaban J connectivity index is 1.56. The quantitative estimate of drug-likeness (QED) is 0.911. The maximum absolute atomic E-state index is 6.45. The molecule has 0 aromatic heterocycles. The van der Waals surface area contributed by atoms with Gasteiger partial charge in [-0.2, -0.15) is 0 Å². The predicted octanol–water partition coefficient (Wildman–Crippen LogP) is 2.08. The first-order valence-electron chi connectivity index (χ1n) is 7.92. The van der Waals surface area contributed by atoms with Gasteiger partial charge in [0.2, 0.25) is 0 Å². The van der Waals surface area contributed by atoms with Crippen LogP contribution in [-0.4, -0.2) is 48.6 Å². The van der Waals surface area contributed by atoms with Crippen molar-refractivity contribution in [1.29, 1.82) is 0 Å². The van der Waals surface area contributed by atoms with Crippen LogP contribution < -0.4 is 5.73 Å². The van der Waals surface area contributed by atoms with Gasteiger partial charge in [0.25, 0.3) is 0 Å². The maximum Gasteiger partial charge on any atom is 0.0427 e. The second kappa shape index (κ2) is 5.84. The summed E-state index contributed by atoms with van der Waals surface area (Å²) >= 11 is 0. The van der Waals surface area contributed by atoms with Crippen molar-refractivity contribution in [2.45, 2.75) is 38.8 Å². The molecule has 1 saturated heterocycles. The highest BCUT2D eigenvalue weighted by Gasteiger charge is 2.31. The highest BCUT2D eigenvalue weighted by atomic mass is 15.3. The molecule has 2 N–H and O–H groups in total. The summed E-state index contributed by atoms with van der Waals surface area (Å²) in [4.78, 5) is 5.19. The Kier molecular flexibility index (Phi) is 4.11. The summed E-state index contributed by atoms with van der Waals surface area (Å²) in [7, 11) is 0. The third-order valence-electron chi connectivity index (χ3n) is 4.76. The van der Waals surface area contributed by atoms with Gasteiger partial charge in [0.05, 0.1) is 0 Å². The van der Waals surface area contributed by atoms with E-state index >= 15 is 0 Å². The standard InChI is InChI=1S/C17H27N3/c1-13-3-4-14(2)16(11-13)17(18)12-19-7-9-20(10-8-19)15-5-6-15/h3-4,11,15,17H,5-10,12,18H2,1-2H3. The molecule has 0 radical (unpaired) electrons. The Hall–Kier alpha value is -0.900. The molecule has 3 heteroatoms. The average molecular weight is 273 g/mol. The molecule has 1 atom stereocenters. The second-order valence-corrected chi connectivity index (χ2v) is 6.53. The lowest BCUT2D eigenvalue weighted by Gasteiger charge is -2.36. The van der Waals surface area contributed by atoms with Gasteiger partial charge in [-0.3, -0.25) is 9.80 Å². The van der Waals surface area contributed by atoms with E-state index in [9.17, 15) is 0 Å². The fourth-order valence-electron chi connectivity index (χ4n) is 3.29. The monoisotopic (exact) mass is 273 g/mol. The summed E-state index contributed by atoms with van der Waals surface area (Å²) in [5.74, 6) is 0. The van der Waals surface area contributed by atoms with Gasteiger partial charge < -0.3 is 5.73 Å². The van der Waals surface area contributed by atoms with E-state index in [1.807, 2.05) is 0 Å². The maximum atomic E-state index is 6.45. The van der Waals surface area contributed by atoms with Gasteiger partial charge in [0.15, 0.2) is 0 Å². The molecule has 0 spiro atoms. The molecule has 0 amide bonds. The number of nitrogens with zero attached hydrogens (tertiary/aromatic N) is 2. The Morgan fingerprint density at radius 3 is 2.50 bits per heavy atom. The molecule has 3 nitrogen and oxygen atoms in total. The molecule has 1 aliphatic carbocycles. The topological polar surface area (TPSA) is 32.5 Å². The molecule has 110 valence electrons. The van der Waals surface area contributed by atoms with Crippen LogP contribution in [0, 0.1) is 13.8 Å². The van der Waals surface area contributed by atoms with Crippen LogP contribution in [0.1, 0.15) is 35.6 Å². The Bertz CT molecular complexity index is 459. The third-order valence-corrected chi connectivity index (χ3v) is 4.76. The molecule has 1 aliphatic heterocycles. The molecule has 2 fully saturated rings. The lowest BCUT2D eigenvalue weighted by atomic mass is 9.99. The predicted molar refractivity (Wildman–Crippen MR) is 83.9 cm³/mol. The van der Waals surface area contributed by atoms with Crippen LogP contribution in [0.3, 0.4) is 0 Å². The van der Waals surface area contributed by atoms with Crippen molar-refractivity contribution in [3.63, 3.8) is 0 Å². The molecule has 1 saturated carbocycles. The van der Waals surface area contributed by atoms with E-state index in [2.05, 4.69) is 41.8 Å². The summed E-state index contributed by atoms with van der Waals surface area (Å²) < 4.78 is 0. The van der Waals surface area contributed by atoms with E-state index in [-0.39, 0.29) is 6.04 Å². The van der Waals surface area contributed by atoms with Gasteiger partial charge in [-0.25, -0.2) is 0 Å². The lowest BCUT2D eigenvalue weighted by molar-refractivity contribution is 0.121. The van der Waals surface area contributed by atoms with Crippen molar-refractivity contribution < 1.29 is 0 Å². The van der Waals surface area contributed by atoms with Crippen LogP contribution in [0.5, 0.6) is 0 Å². The molecule has 1 unspecified atom stereocenters. The smallest absolute Gasteiger partial charge is 0.0427 e. The first-order valence-corrected chi connectivity index (χ1v) is 7.92. The van der Waals surface area contributed by atoms with Gasteiger partial charge in [0, 0.05) is 44.8 Å². The molecular formula is C17H27N3. The van der Waals surface area contributed by atoms with E-state index < -0.39 is 0 Å². The lowest BCUT2D eigenvalue weighted by Crippen LogP contribution is -2.48. The first kappa shape index (κ1) is 14.1. The second-order valence-electron chi connectivity index (χ2n) is 6.53. The summed E-state index contributed by atoms with van der Waals surface area (Å²) in [5.41, 5.74) is 10.4. The highest BCUT2D eigenvalue weighted by molar-refractivity contribution is 5.33. The molecule has 0 bridgehead atoms. The Labute approximate surface area is 122 Å². The SMILES string of the molecule is Cc1ccc(C)c(C(N)CN2CCN(C3CC3)CC2)c1. The zero-order chi connectivity index (χ0) is 14.1.